The molecule has 4 heteroatoms. The quantitative estimate of drug-likeness (QED) is 0.726. The van der Waals surface area contributed by atoms with Gasteiger partial charge in [-0.2, -0.15) is 0 Å². The molecule has 0 N–H and O–H groups in total. The van der Waals surface area contributed by atoms with E-state index < -0.39 is 0 Å². The van der Waals surface area contributed by atoms with E-state index >= 15 is 0 Å². The first-order chi connectivity index (χ1) is 7.15. The minimum absolute atomic E-state index is 0.209. The van der Waals surface area contributed by atoms with Crippen LogP contribution < -0.4 is 0 Å². The molecule has 82 valence electrons. The molecule has 1 fully saturated rings. The Bertz CT molecular complexity index is 356. The van der Waals surface area contributed by atoms with Gasteiger partial charge in [-0.05, 0) is 25.1 Å². The zero-order valence-corrected chi connectivity index (χ0v) is 9.73. The van der Waals surface area contributed by atoms with Gasteiger partial charge in [-0.25, -0.2) is 4.39 Å². The van der Waals surface area contributed by atoms with Gasteiger partial charge in [0.05, 0.1) is 0 Å². The topological polar surface area (TPSA) is 3.24 Å². The van der Waals surface area contributed by atoms with Crippen molar-refractivity contribution in [3.05, 3.63) is 34.6 Å². The van der Waals surface area contributed by atoms with Crippen molar-refractivity contribution in [2.45, 2.75) is 18.3 Å². The van der Waals surface area contributed by atoms with Crippen LogP contribution in [0.3, 0.4) is 0 Å². The molecule has 0 amide bonds. The molecular formula is C11H12Cl2FN. The smallest absolute Gasteiger partial charge is 0.129 e. The molecule has 1 atom stereocenters. The summed E-state index contributed by atoms with van der Waals surface area (Å²) in [6.45, 7) is 2.39. The molecule has 1 aromatic rings. The van der Waals surface area contributed by atoms with E-state index in [4.69, 9.17) is 23.2 Å². The number of hydrogen-bond acceptors (Lipinski definition) is 1. The Morgan fingerprint density at radius 2 is 2.27 bits per heavy atom. The molecule has 0 saturated carbocycles. The molecule has 1 saturated heterocycles. The van der Waals surface area contributed by atoms with Gasteiger partial charge >= 0.3 is 0 Å². The Hall–Kier alpha value is -0.310. The number of rotatable bonds is 2. The third kappa shape index (κ3) is 2.83. The van der Waals surface area contributed by atoms with E-state index in [9.17, 15) is 4.39 Å². The number of hydrogen-bond donors (Lipinski definition) is 0. The van der Waals surface area contributed by atoms with Crippen LogP contribution in [0.25, 0.3) is 0 Å². The van der Waals surface area contributed by atoms with Crippen molar-refractivity contribution in [2.75, 3.05) is 13.1 Å². The molecule has 0 aliphatic carbocycles. The molecule has 2 rings (SSSR count). The first kappa shape index (κ1) is 11.2. The largest absolute Gasteiger partial charge is 0.297 e. The SMILES string of the molecule is Fc1cc(Cl)ccc1CN1CCC(Cl)C1. The molecular weight excluding hydrogens is 236 g/mol. The Kier molecular flexibility index (Phi) is 3.49. The first-order valence-electron chi connectivity index (χ1n) is 4.95. The average molecular weight is 248 g/mol. The normalized spacial score (nSPS) is 22.2. The highest BCUT2D eigenvalue weighted by molar-refractivity contribution is 6.30. The molecule has 1 nitrogen and oxygen atoms in total. The fraction of sp³-hybridized carbons (Fsp3) is 0.455. The molecule has 1 aliphatic rings. The monoisotopic (exact) mass is 247 g/mol. The molecule has 0 spiro atoms. The van der Waals surface area contributed by atoms with Crippen molar-refractivity contribution >= 4 is 23.2 Å². The highest BCUT2D eigenvalue weighted by Gasteiger charge is 2.20. The van der Waals surface area contributed by atoms with Crippen LogP contribution in [0.5, 0.6) is 0 Å². The second kappa shape index (κ2) is 4.69. The van der Waals surface area contributed by atoms with Gasteiger partial charge in [0.25, 0.3) is 0 Å². The predicted molar refractivity (Wildman–Crippen MR) is 60.9 cm³/mol. The summed E-state index contributed by atoms with van der Waals surface area (Å²) in [5.74, 6) is -0.236. The van der Waals surface area contributed by atoms with E-state index in [2.05, 4.69) is 4.90 Å². The molecule has 0 radical (unpaired) electrons. The average Bonchev–Trinajstić information content (AvgIpc) is 2.56. The summed E-state index contributed by atoms with van der Waals surface area (Å²) in [4.78, 5) is 2.16. The van der Waals surface area contributed by atoms with Crippen LogP contribution in [0, 0.1) is 5.82 Å². The van der Waals surface area contributed by atoms with Crippen molar-refractivity contribution in [3.63, 3.8) is 0 Å². The van der Waals surface area contributed by atoms with E-state index in [1.54, 1.807) is 12.1 Å². The third-order valence-electron chi connectivity index (χ3n) is 2.62. The highest BCUT2D eigenvalue weighted by atomic mass is 35.5. The van der Waals surface area contributed by atoms with Crippen molar-refractivity contribution in [2.24, 2.45) is 0 Å². The van der Waals surface area contributed by atoms with E-state index in [0.717, 1.165) is 19.5 Å². The van der Waals surface area contributed by atoms with Crippen LogP contribution in [0.15, 0.2) is 18.2 Å². The molecule has 1 unspecified atom stereocenters. The number of halogens is 3. The van der Waals surface area contributed by atoms with Crippen LogP contribution in [0.4, 0.5) is 4.39 Å². The number of benzene rings is 1. The van der Waals surface area contributed by atoms with E-state index in [1.165, 1.54) is 6.07 Å². The molecule has 1 heterocycles. The van der Waals surface area contributed by atoms with Gasteiger partial charge in [0.2, 0.25) is 0 Å². The fourth-order valence-corrected chi connectivity index (χ4v) is 2.27. The third-order valence-corrected chi connectivity index (χ3v) is 3.22. The predicted octanol–water partition coefficient (Wildman–Crippen LogP) is 3.29. The summed E-state index contributed by atoms with van der Waals surface area (Å²) in [6, 6.07) is 4.80. The Labute approximate surface area is 98.8 Å². The van der Waals surface area contributed by atoms with Gasteiger partial charge in [-0.3, -0.25) is 4.90 Å². The minimum Gasteiger partial charge on any atom is -0.297 e. The summed E-state index contributed by atoms with van der Waals surface area (Å²) >= 11 is 11.7. The van der Waals surface area contributed by atoms with Gasteiger partial charge in [-0.1, -0.05) is 17.7 Å². The van der Waals surface area contributed by atoms with Crippen molar-refractivity contribution < 1.29 is 4.39 Å². The summed E-state index contributed by atoms with van der Waals surface area (Å²) < 4.78 is 13.5. The van der Waals surface area contributed by atoms with Crippen molar-refractivity contribution in [1.82, 2.24) is 4.90 Å². The van der Waals surface area contributed by atoms with E-state index in [0.29, 0.717) is 17.1 Å². The lowest BCUT2D eigenvalue weighted by atomic mass is 10.2. The molecule has 1 aliphatic heterocycles. The first-order valence-corrected chi connectivity index (χ1v) is 5.77. The van der Waals surface area contributed by atoms with Gasteiger partial charge in [0.15, 0.2) is 0 Å². The van der Waals surface area contributed by atoms with Crippen LogP contribution in [-0.4, -0.2) is 23.4 Å². The second-order valence-electron chi connectivity index (χ2n) is 3.86. The highest BCUT2D eigenvalue weighted by Crippen LogP contribution is 2.20. The van der Waals surface area contributed by atoms with Crippen LogP contribution >= 0.6 is 23.2 Å². The number of likely N-dealkylation sites (tertiary alicyclic amines) is 1. The van der Waals surface area contributed by atoms with Gasteiger partial charge in [0.1, 0.15) is 5.82 Å². The van der Waals surface area contributed by atoms with E-state index in [-0.39, 0.29) is 11.2 Å². The second-order valence-corrected chi connectivity index (χ2v) is 4.91. The lowest BCUT2D eigenvalue weighted by Gasteiger charge is -2.15. The van der Waals surface area contributed by atoms with Crippen LogP contribution in [-0.2, 0) is 6.54 Å². The summed E-state index contributed by atoms with van der Waals surface area (Å²) in [6.07, 6.45) is 0.983. The summed E-state index contributed by atoms with van der Waals surface area (Å²) in [5, 5.41) is 0.647. The van der Waals surface area contributed by atoms with Crippen LogP contribution in [0.2, 0.25) is 5.02 Å². The van der Waals surface area contributed by atoms with Gasteiger partial charge in [0, 0.05) is 29.1 Å². The Morgan fingerprint density at radius 3 is 2.87 bits per heavy atom. The van der Waals surface area contributed by atoms with Gasteiger partial charge < -0.3 is 0 Å². The maximum absolute atomic E-state index is 13.5. The zero-order valence-electron chi connectivity index (χ0n) is 8.22. The lowest BCUT2D eigenvalue weighted by Crippen LogP contribution is -2.20. The zero-order chi connectivity index (χ0) is 10.8. The van der Waals surface area contributed by atoms with Crippen LogP contribution in [0.1, 0.15) is 12.0 Å². The fourth-order valence-electron chi connectivity index (χ4n) is 1.82. The number of alkyl halides is 1. The van der Waals surface area contributed by atoms with E-state index in [1.807, 2.05) is 0 Å². The molecule has 1 aromatic carbocycles. The maximum Gasteiger partial charge on any atom is 0.129 e. The molecule has 0 aromatic heterocycles. The molecule has 15 heavy (non-hydrogen) atoms. The Morgan fingerprint density at radius 1 is 1.47 bits per heavy atom. The standard InChI is InChI=1S/C11H12Cl2FN/c12-9-2-1-8(11(14)5-9)6-15-4-3-10(13)7-15/h1-2,5,10H,3-4,6-7H2. The number of nitrogens with zero attached hydrogens (tertiary/aromatic N) is 1. The molecule has 0 bridgehead atoms. The Balaban J connectivity index is 2.04. The lowest BCUT2D eigenvalue weighted by molar-refractivity contribution is 0.326. The van der Waals surface area contributed by atoms with Crippen molar-refractivity contribution in [3.8, 4) is 0 Å². The summed E-state index contributed by atoms with van der Waals surface area (Å²) in [7, 11) is 0. The summed E-state index contributed by atoms with van der Waals surface area (Å²) in [5.41, 5.74) is 0.685. The van der Waals surface area contributed by atoms with Crippen molar-refractivity contribution in [1.29, 1.82) is 0 Å². The van der Waals surface area contributed by atoms with Gasteiger partial charge in [-0.15, -0.1) is 11.6 Å². The maximum atomic E-state index is 13.5. The minimum atomic E-state index is -0.236.